The monoisotopic (exact) mass is 1080 g/mol. The molecular weight excluding hydrogens is 973 g/mol. The highest BCUT2D eigenvalue weighted by Crippen LogP contribution is 2.26. The first-order valence-corrected chi connectivity index (χ1v) is 30.9. The third-order valence-corrected chi connectivity index (χ3v) is 13.7. The number of ether oxygens (including phenoxy) is 5. The molecule has 77 heavy (non-hydrogen) atoms. The Balaban J connectivity index is 2.68. The summed E-state index contributed by atoms with van der Waals surface area (Å²) in [7, 11) is 0. The van der Waals surface area contributed by atoms with Crippen LogP contribution in [-0.4, -0.2) is 89.2 Å². The molecule has 1 aliphatic heterocycles. The molecule has 3 N–H and O–H groups in total. The fourth-order valence-electron chi connectivity index (χ4n) is 9.00. The van der Waals surface area contributed by atoms with Gasteiger partial charge in [-0.05, 0) is 109 Å². The predicted octanol–water partition coefficient (Wildman–Crippen LogP) is 16.1. The van der Waals surface area contributed by atoms with Gasteiger partial charge < -0.3 is 39.0 Å². The Morgan fingerprint density at radius 2 is 0.818 bits per heavy atom. The summed E-state index contributed by atoms with van der Waals surface area (Å²) < 4.78 is 28.4. The summed E-state index contributed by atoms with van der Waals surface area (Å²) in [6, 6.07) is 0. The molecule has 12 nitrogen and oxygen atoms in total. The molecule has 0 aliphatic carbocycles. The average Bonchev–Trinajstić information content (AvgIpc) is 3.42. The lowest BCUT2D eigenvalue weighted by Crippen LogP contribution is -2.61. The van der Waals surface area contributed by atoms with Crippen LogP contribution in [0.2, 0.25) is 0 Å². The van der Waals surface area contributed by atoms with E-state index in [4.69, 9.17) is 23.7 Å². The van der Waals surface area contributed by atoms with Gasteiger partial charge in [-0.25, -0.2) is 4.79 Å². The molecule has 12 heteroatoms. The van der Waals surface area contributed by atoms with Gasteiger partial charge in [-0.3, -0.25) is 14.4 Å². The van der Waals surface area contributed by atoms with Crippen LogP contribution in [0, 0.1) is 0 Å². The van der Waals surface area contributed by atoms with Crippen LogP contribution in [0.15, 0.2) is 72.9 Å². The van der Waals surface area contributed by atoms with Crippen molar-refractivity contribution >= 4 is 23.9 Å². The van der Waals surface area contributed by atoms with Crippen molar-refractivity contribution in [2.45, 2.75) is 302 Å². The Kier molecular flexibility index (Phi) is 48.8. The highest BCUT2D eigenvalue weighted by Gasteiger charge is 2.50. The number of aliphatic carboxylic acids is 1. The SMILES string of the molecule is CC/C=C\C/C=C\C/C=C\C/C=C\CCCCC(=O)OC1C(OCC(COC(=O)CCCCCCCCCCC/C=C\CCCCCCCC)OC(=O)CCCCCCC/C=C\CCCCCC)OC(C(=O)O)C(O)C1O. The lowest BCUT2D eigenvalue weighted by atomic mass is 9.98. The van der Waals surface area contributed by atoms with E-state index < -0.39 is 67.3 Å². The number of allylic oxidation sites excluding steroid dienone is 12. The molecule has 0 spiro atoms. The molecule has 1 aliphatic rings. The minimum absolute atomic E-state index is 0.00598. The van der Waals surface area contributed by atoms with Gasteiger partial charge in [0.2, 0.25) is 0 Å². The van der Waals surface area contributed by atoms with Crippen molar-refractivity contribution in [2.75, 3.05) is 13.2 Å². The first-order chi connectivity index (χ1) is 37.6. The molecule has 6 unspecified atom stereocenters. The van der Waals surface area contributed by atoms with Gasteiger partial charge in [-0.1, -0.05) is 209 Å². The maximum Gasteiger partial charge on any atom is 0.335 e. The van der Waals surface area contributed by atoms with Gasteiger partial charge in [-0.2, -0.15) is 0 Å². The van der Waals surface area contributed by atoms with E-state index in [1.54, 1.807) is 0 Å². The van der Waals surface area contributed by atoms with Crippen molar-refractivity contribution in [3.05, 3.63) is 72.9 Å². The third kappa shape index (κ3) is 42.7. The molecule has 0 bridgehead atoms. The number of carboxylic acids is 1. The molecule has 0 radical (unpaired) electrons. The van der Waals surface area contributed by atoms with Gasteiger partial charge in [0.1, 0.15) is 18.8 Å². The number of aliphatic hydroxyl groups is 2. The fraction of sp³-hybridized carbons (Fsp3) is 0.754. The highest BCUT2D eigenvalue weighted by molar-refractivity contribution is 5.74. The molecule has 1 heterocycles. The second kappa shape index (κ2) is 52.8. The van der Waals surface area contributed by atoms with E-state index in [1.165, 1.54) is 109 Å². The van der Waals surface area contributed by atoms with Gasteiger partial charge in [0.05, 0.1) is 6.61 Å². The van der Waals surface area contributed by atoms with Crippen LogP contribution in [0.3, 0.4) is 0 Å². The first kappa shape index (κ1) is 71.2. The molecule has 0 aromatic heterocycles. The second-order valence-corrected chi connectivity index (χ2v) is 20.9. The summed E-state index contributed by atoms with van der Waals surface area (Å²) in [4.78, 5) is 51.2. The average molecular weight is 1080 g/mol. The number of hydrogen-bond donors (Lipinski definition) is 3. The van der Waals surface area contributed by atoms with Crippen LogP contribution >= 0.6 is 0 Å². The number of esters is 3. The van der Waals surface area contributed by atoms with Gasteiger partial charge in [0.15, 0.2) is 24.6 Å². The quantitative estimate of drug-likeness (QED) is 0.0228. The Hall–Kier alpha value is -3.84. The molecule has 1 saturated heterocycles. The van der Waals surface area contributed by atoms with E-state index in [9.17, 15) is 34.5 Å². The Morgan fingerprint density at radius 1 is 0.442 bits per heavy atom. The van der Waals surface area contributed by atoms with Crippen molar-refractivity contribution in [3.63, 3.8) is 0 Å². The van der Waals surface area contributed by atoms with Crippen LogP contribution in [0.1, 0.15) is 265 Å². The summed E-state index contributed by atoms with van der Waals surface area (Å²) in [5.74, 6) is -3.18. The summed E-state index contributed by atoms with van der Waals surface area (Å²) in [5, 5.41) is 31.5. The van der Waals surface area contributed by atoms with E-state index >= 15 is 0 Å². The zero-order chi connectivity index (χ0) is 56.1. The number of carboxylic acid groups (broad SMARTS) is 1. The lowest BCUT2D eigenvalue weighted by Gasteiger charge is -2.40. The van der Waals surface area contributed by atoms with E-state index in [0.717, 1.165) is 89.9 Å². The molecule has 0 aromatic rings. The van der Waals surface area contributed by atoms with Crippen molar-refractivity contribution in [1.82, 2.24) is 0 Å². The highest BCUT2D eigenvalue weighted by atomic mass is 16.7. The van der Waals surface area contributed by atoms with E-state index in [1.807, 2.05) is 0 Å². The maximum absolute atomic E-state index is 13.1. The Morgan fingerprint density at radius 3 is 1.30 bits per heavy atom. The predicted molar refractivity (Wildman–Crippen MR) is 312 cm³/mol. The smallest absolute Gasteiger partial charge is 0.335 e. The van der Waals surface area contributed by atoms with Gasteiger partial charge in [-0.15, -0.1) is 0 Å². The number of carbonyl (C=O) groups excluding carboxylic acids is 3. The standard InChI is InChI=1S/C65H110O12/c1-4-7-10-13-16-19-22-25-27-28-29-30-32-34-36-39-42-45-48-51-57(66)73-54-56(75-58(67)52-49-46-43-40-37-33-24-21-18-15-12-9-6-3)55-74-65-63(61(70)60(69)62(77-65)64(71)72)76-59(68)53-50-47-44-41-38-35-31-26-23-20-17-14-11-8-5-2/h8,11,17,20-21,24-27,31,38,41,56,60-63,65,69-70H,4-7,9-10,12-16,18-19,22-23,28-30,32-37,39-40,42-55H2,1-3H3,(H,71,72)/b11-8-,20-17-,24-21-,27-25-,31-26-,41-38-. The number of aliphatic hydroxyl groups excluding tert-OH is 2. The molecule has 6 atom stereocenters. The van der Waals surface area contributed by atoms with Crippen molar-refractivity contribution in [3.8, 4) is 0 Å². The summed E-state index contributed by atoms with van der Waals surface area (Å²) in [5.41, 5.74) is 0. The molecule has 0 amide bonds. The Labute approximate surface area is 468 Å². The topological polar surface area (TPSA) is 175 Å². The van der Waals surface area contributed by atoms with Crippen LogP contribution in [0.25, 0.3) is 0 Å². The van der Waals surface area contributed by atoms with Crippen LogP contribution < -0.4 is 0 Å². The molecule has 1 fully saturated rings. The van der Waals surface area contributed by atoms with Crippen molar-refractivity contribution in [1.29, 1.82) is 0 Å². The van der Waals surface area contributed by atoms with E-state index in [-0.39, 0.29) is 25.9 Å². The number of hydrogen-bond acceptors (Lipinski definition) is 11. The minimum Gasteiger partial charge on any atom is -0.479 e. The molecule has 442 valence electrons. The first-order valence-electron chi connectivity index (χ1n) is 30.9. The van der Waals surface area contributed by atoms with Gasteiger partial charge in [0, 0.05) is 19.3 Å². The summed E-state index contributed by atoms with van der Waals surface area (Å²) in [6.07, 6.45) is 54.4. The van der Waals surface area contributed by atoms with E-state index in [2.05, 4.69) is 93.7 Å². The number of carbonyl (C=O) groups is 4. The van der Waals surface area contributed by atoms with Crippen LogP contribution in [-0.2, 0) is 42.9 Å². The summed E-state index contributed by atoms with van der Waals surface area (Å²) in [6.45, 7) is 5.84. The Bertz CT molecular complexity index is 1620. The minimum atomic E-state index is -1.92. The lowest BCUT2D eigenvalue weighted by molar-refractivity contribution is -0.301. The number of unbranched alkanes of at least 4 members (excludes halogenated alkanes) is 26. The zero-order valence-electron chi connectivity index (χ0n) is 48.7. The zero-order valence-corrected chi connectivity index (χ0v) is 48.7. The second-order valence-electron chi connectivity index (χ2n) is 20.9. The van der Waals surface area contributed by atoms with Crippen molar-refractivity contribution < 1.29 is 58.2 Å². The van der Waals surface area contributed by atoms with Gasteiger partial charge in [0.25, 0.3) is 0 Å². The molecule has 1 rings (SSSR count). The maximum atomic E-state index is 13.1. The third-order valence-electron chi connectivity index (χ3n) is 13.7. The van der Waals surface area contributed by atoms with Crippen LogP contribution in [0.4, 0.5) is 0 Å². The largest absolute Gasteiger partial charge is 0.479 e. The fourth-order valence-corrected chi connectivity index (χ4v) is 9.00. The molecular formula is C65H110O12. The van der Waals surface area contributed by atoms with E-state index in [0.29, 0.717) is 25.7 Å². The summed E-state index contributed by atoms with van der Waals surface area (Å²) >= 11 is 0. The van der Waals surface area contributed by atoms with Gasteiger partial charge >= 0.3 is 23.9 Å². The molecule has 0 aromatic carbocycles. The molecule has 0 saturated carbocycles. The van der Waals surface area contributed by atoms with Crippen LogP contribution in [0.5, 0.6) is 0 Å². The van der Waals surface area contributed by atoms with Crippen molar-refractivity contribution in [2.24, 2.45) is 0 Å². The number of rotatable bonds is 52. The normalized spacial score (nSPS) is 18.5.